The summed E-state index contributed by atoms with van der Waals surface area (Å²) in [6.45, 7) is 0.285. The summed E-state index contributed by atoms with van der Waals surface area (Å²) >= 11 is 0. The highest BCUT2D eigenvalue weighted by Gasteiger charge is 2.46. The highest BCUT2D eigenvalue weighted by molar-refractivity contribution is 8.08. The fourth-order valence-electron chi connectivity index (χ4n) is 1.34. The number of methoxy groups -OCH3 is 1. The molecule has 0 aromatic carbocycles. The zero-order valence-electron chi connectivity index (χ0n) is 12.3. The number of rotatable bonds is 6. The number of amides is 2. The largest absolute Gasteiger partial charge is 0.452 e. The molecule has 0 heterocycles. The van der Waals surface area contributed by atoms with Crippen LogP contribution in [0.4, 0.5) is 9.59 Å². The fraction of sp³-hybridized carbons (Fsp3) is 0.667. The van der Waals surface area contributed by atoms with E-state index >= 15 is 0 Å². The first-order valence-electron chi connectivity index (χ1n) is 5.74. The number of carbonyl (C=O) groups excluding carboxylic acids is 2. The molecular formula is C9H15NO10S3. The number of ether oxygens (including phenoxy) is 2. The Morgan fingerprint density at radius 2 is 1.70 bits per heavy atom. The third kappa shape index (κ3) is 6.15. The molecule has 0 aliphatic rings. The highest BCUT2D eigenvalue weighted by atomic mass is 32.3. The Kier molecular flexibility index (Phi) is 7.66. The summed E-state index contributed by atoms with van der Waals surface area (Å²) in [6, 6.07) is 0. The molecule has 14 heteroatoms. The zero-order chi connectivity index (χ0) is 18.4. The maximum absolute atomic E-state index is 12.0. The van der Waals surface area contributed by atoms with Gasteiger partial charge in [-0.15, -0.1) is 0 Å². The molecule has 0 aromatic rings. The van der Waals surface area contributed by atoms with Crippen LogP contribution in [-0.4, -0.2) is 78.1 Å². The van der Waals surface area contributed by atoms with Crippen LogP contribution in [0.2, 0.25) is 0 Å². The van der Waals surface area contributed by atoms with Crippen LogP contribution in [-0.2, 0) is 39.4 Å². The summed E-state index contributed by atoms with van der Waals surface area (Å²) in [4.78, 5) is 23.2. The fourth-order valence-corrected chi connectivity index (χ4v) is 5.39. The van der Waals surface area contributed by atoms with Crippen molar-refractivity contribution in [3.8, 4) is 0 Å². The molecule has 0 saturated heterocycles. The van der Waals surface area contributed by atoms with Crippen molar-refractivity contribution in [2.24, 2.45) is 0 Å². The lowest BCUT2D eigenvalue weighted by molar-refractivity contribution is 0.0967. The van der Waals surface area contributed by atoms with Crippen molar-refractivity contribution in [3.63, 3.8) is 0 Å². The SMILES string of the molecule is CCS(=O)(=O)C(N(C(=O)OC)C(=O)OCC=S(=O)=O)S(C)(=O)=O. The number of hydrogen-bond donors (Lipinski definition) is 0. The summed E-state index contributed by atoms with van der Waals surface area (Å²) in [5, 5.41) is 0.497. The molecule has 0 N–H and O–H groups in total. The molecule has 0 radical (unpaired) electrons. The predicted octanol–water partition coefficient (Wildman–Crippen LogP) is -1.36. The highest BCUT2D eigenvalue weighted by Crippen LogP contribution is 2.18. The number of nitrogens with zero attached hydrogens (tertiary/aromatic N) is 1. The summed E-state index contributed by atoms with van der Waals surface area (Å²) in [5.74, 6) is -0.692. The molecular weight excluding hydrogens is 378 g/mol. The molecule has 23 heavy (non-hydrogen) atoms. The average molecular weight is 393 g/mol. The second kappa shape index (κ2) is 8.26. The van der Waals surface area contributed by atoms with Crippen LogP contribution in [0.1, 0.15) is 6.92 Å². The van der Waals surface area contributed by atoms with E-state index in [1.54, 1.807) is 0 Å². The maximum atomic E-state index is 12.0. The molecule has 134 valence electrons. The molecule has 0 rings (SSSR count). The number of sulfone groups is 2. The van der Waals surface area contributed by atoms with Crippen molar-refractivity contribution in [2.75, 3.05) is 25.7 Å². The molecule has 0 aromatic heterocycles. The summed E-state index contributed by atoms with van der Waals surface area (Å²) in [5.41, 5.74) is 0. The minimum atomic E-state index is -4.47. The van der Waals surface area contributed by atoms with Gasteiger partial charge in [-0.2, -0.15) is 13.3 Å². The molecule has 0 bridgehead atoms. The molecule has 11 nitrogen and oxygen atoms in total. The number of hydrogen-bond acceptors (Lipinski definition) is 10. The zero-order valence-corrected chi connectivity index (χ0v) is 14.8. The first-order valence-corrected chi connectivity index (χ1v) is 10.5. The van der Waals surface area contributed by atoms with Crippen molar-refractivity contribution in [1.82, 2.24) is 4.90 Å². The lowest BCUT2D eigenvalue weighted by atomic mass is 10.8. The van der Waals surface area contributed by atoms with E-state index in [-0.39, 0.29) is 4.90 Å². The van der Waals surface area contributed by atoms with Gasteiger partial charge in [0.25, 0.3) is 0 Å². The number of imide groups is 1. The van der Waals surface area contributed by atoms with Gasteiger partial charge in [0.15, 0.2) is 19.7 Å². The summed E-state index contributed by atoms with van der Waals surface area (Å²) in [6.07, 6.45) is -2.77. The van der Waals surface area contributed by atoms with E-state index in [1.165, 1.54) is 0 Å². The molecule has 2 amide bonds. The van der Waals surface area contributed by atoms with Gasteiger partial charge in [0.1, 0.15) is 6.61 Å². The molecule has 0 aliphatic heterocycles. The monoisotopic (exact) mass is 393 g/mol. The van der Waals surface area contributed by atoms with Crippen LogP contribution in [0.25, 0.3) is 0 Å². The van der Waals surface area contributed by atoms with Gasteiger partial charge in [0.2, 0.25) is 15.0 Å². The van der Waals surface area contributed by atoms with Gasteiger partial charge in [-0.05, 0) is 0 Å². The van der Waals surface area contributed by atoms with Gasteiger partial charge >= 0.3 is 12.2 Å². The average Bonchev–Trinajstić information content (AvgIpc) is 2.41. The maximum Gasteiger partial charge on any atom is 0.421 e. The van der Waals surface area contributed by atoms with Crippen LogP contribution < -0.4 is 0 Å². The van der Waals surface area contributed by atoms with E-state index in [0.717, 1.165) is 14.0 Å². The van der Waals surface area contributed by atoms with E-state index in [2.05, 4.69) is 9.47 Å². The Bertz CT molecular complexity index is 785. The van der Waals surface area contributed by atoms with Gasteiger partial charge < -0.3 is 9.47 Å². The predicted molar refractivity (Wildman–Crippen MR) is 78.7 cm³/mol. The van der Waals surface area contributed by atoms with Gasteiger partial charge in [-0.1, -0.05) is 6.92 Å². The number of carbonyl (C=O) groups is 2. The normalized spacial score (nSPS) is 12.8. The second-order valence-corrected chi connectivity index (χ2v) is 9.54. The molecule has 0 fully saturated rings. The van der Waals surface area contributed by atoms with Crippen molar-refractivity contribution < 1.29 is 44.3 Å². The quantitative estimate of drug-likeness (QED) is 0.493. The topological polar surface area (TPSA) is 158 Å². The van der Waals surface area contributed by atoms with E-state index < -0.39 is 59.2 Å². The van der Waals surface area contributed by atoms with E-state index in [4.69, 9.17) is 0 Å². The molecule has 0 spiro atoms. The summed E-state index contributed by atoms with van der Waals surface area (Å²) in [7, 11) is -10.8. The Labute approximate surface area is 134 Å². The Morgan fingerprint density at radius 1 is 1.17 bits per heavy atom. The van der Waals surface area contributed by atoms with Crippen LogP contribution in [0.15, 0.2) is 0 Å². The Hall–Kier alpha value is -1.67. The standard InChI is InChI=1S/C9H15NO10S3/c1-4-23(17,18)9(22(3,15)16)10(7(11)19-2)8(12)20-5-6-21(13)14/h6,9H,4-5H2,1-3H3. The third-order valence-corrected chi connectivity index (χ3v) is 7.18. The van der Waals surface area contributed by atoms with Crippen LogP contribution in [0, 0.1) is 0 Å². The van der Waals surface area contributed by atoms with Crippen molar-refractivity contribution in [3.05, 3.63) is 0 Å². The van der Waals surface area contributed by atoms with E-state index in [9.17, 15) is 34.8 Å². The lowest BCUT2D eigenvalue weighted by Crippen LogP contribution is -2.52. The van der Waals surface area contributed by atoms with Crippen molar-refractivity contribution in [1.29, 1.82) is 0 Å². The molecule has 0 aliphatic carbocycles. The minimum absolute atomic E-state index is 0.240. The van der Waals surface area contributed by atoms with Gasteiger partial charge in [0, 0.05) is 6.26 Å². The minimum Gasteiger partial charge on any atom is -0.452 e. The second-order valence-electron chi connectivity index (χ2n) is 3.93. The van der Waals surface area contributed by atoms with Crippen LogP contribution in [0.3, 0.4) is 0 Å². The molecule has 1 atom stereocenters. The first kappa shape index (κ1) is 21.3. The van der Waals surface area contributed by atoms with Crippen molar-refractivity contribution >= 4 is 47.5 Å². The third-order valence-electron chi connectivity index (χ3n) is 2.27. The lowest BCUT2D eigenvalue weighted by Gasteiger charge is -2.25. The summed E-state index contributed by atoms with van der Waals surface area (Å²) < 4.78 is 74.0. The van der Waals surface area contributed by atoms with Crippen LogP contribution >= 0.6 is 0 Å². The van der Waals surface area contributed by atoms with Gasteiger partial charge in [-0.25, -0.2) is 26.4 Å². The van der Waals surface area contributed by atoms with Crippen molar-refractivity contribution in [2.45, 2.75) is 11.6 Å². The van der Waals surface area contributed by atoms with E-state index in [1.807, 2.05) is 0 Å². The molecule has 0 saturated carbocycles. The van der Waals surface area contributed by atoms with E-state index in [0.29, 0.717) is 11.6 Å². The van der Waals surface area contributed by atoms with Crippen LogP contribution in [0.5, 0.6) is 0 Å². The van der Waals surface area contributed by atoms with Gasteiger partial charge in [-0.3, -0.25) is 0 Å². The molecule has 1 unspecified atom stereocenters. The first-order chi connectivity index (χ1) is 10.4. The smallest absolute Gasteiger partial charge is 0.421 e. The Balaban J connectivity index is 5.98. The Morgan fingerprint density at radius 3 is 2.04 bits per heavy atom. The van der Waals surface area contributed by atoms with Gasteiger partial charge in [0.05, 0.1) is 18.2 Å².